The first-order valence-electron chi connectivity index (χ1n) is 9.97. The normalized spacial score (nSPS) is 11.3. The molecule has 4 rings (SSSR count). The summed E-state index contributed by atoms with van der Waals surface area (Å²) in [6, 6.07) is 20.4. The third kappa shape index (κ3) is 5.09. The van der Waals surface area contributed by atoms with Crippen LogP contribution >= 0.6 is 11.8 Å². The van der Waals surface area contributed by atoms with Crippen molar-refractivity contribution in [3.05, 3.63) is 83.4 Å². The molecule has 3 N–H and O–H groups in total. The molecule has 0 radical (unpaired) electrons. The fourth-order valence-corrected chi connectivity index (χ4v) is 3.98. The molecule has 4 aromatic rings. The number of thioether (sulfide) groups is 1. The Morgan fingerprint density at radius 2 is 1.91 bits per heavy atom. The summed E-state index contributed by atoms with van der Waals surface area (Å²) in [6.45, 7) is 2.71. The van der Waals surface area contributed by atoms with Gasteiger partial charge in [0.15, 0.2) is 5.16 Å². The van der Waals surface area contributed by atoms with Crippen LogP contribution in [0.1, 0.15) is 16.7 Å². The van der Waals surface area contributed by atoms with Crippen LogP contribution in [0.2, 0.25) is 0 Å². The molecule has 1 amide bonds. The van der Waals surface area contributed by atoms with Crippen molar-refractivity contribution in [1.29, 1.82) is 0 Å². The number of aromatic nitrogens is 2. The lowest BCUT2D eigenvalue weighted by atomic mass is 10.1. The van der Waals surface area contributed by atoms with Crippen molar-refractivity contribution >= 4 is 34.9 Å². The lowest BCUT2D eigenvalue weighted by Crippen LogP contribution is -2.20. The van der Waals surface area contributed by atoms with Gasteiger partial charge in [0.25, 0.3) is 5.91 Å². The quantitative estimate of drug-likeness (QED) is 0.226. The number of hydrogen-bond acceptors (Lipinski definition) is 6. The maximum absolute atomic E-state index is 12.3. The average Bonchev–Trinajstić information content (AvgIpc) is 3.13. The first-order chi connectivity index (χ1) is 15.5. The molecule has 3 aromatic carbocycles. The maximum Gasteiger partial charge on any atom is 0.250 e. The minimum atomic E-state index is -0.293. The predicted octanol–water partition coefficient (Wildman–Crippen LogP) is 4.05. The Morgan fingerprint density at radius 3 is 2.69 bits per heavy atom. The van der Waals surface area contributed by atoms with Crippen LogP contribution in [-0.2, 0) is 11.3 Å². The lowest BCUT2D eigenvalue weighted by Gasteiger charge is -2.09. The van der Waals surface area contributed by atoms with E-state index in [-0.39, 0.29) is 23.2 Å². The molecule has 0 aliphatic carbocycles. The summed E-state index contributed by atoms with van der Waals surface area (Å²) in [7, 11) is 0. The summed E-state index contributed by atoms with van der Waals surface area (Å²) in [5, 5.41) is 23.7. The molecule has 1 aromatic heterocycles. The van der Waals surface area contributed by atoms with Gasteiger partial charge in [-0.3, -0.25) is 4.79 Å². The standard InChI is InChI=1S/C24H22N4O3S/c1-16-6-8-17(9-7-16)14-28-21-5-3-2-4-20(21)26-24(28)32-15-23(31)27-25-13-18-10-11-19(29)12-22(18)30/h2-13,29-30H,14-15H2,1H3,(H,27,31)/b25-13-. The second kappa shape index (κ2) is 9.57. The summed E-state index contributed by atoms with van der Waals surface area (Å²) in [4.78, 5) is 17.0. The Hall–Kier alpha value is -3.78. The Labute approximate surface area is 189 Å². The number of benzene rings is 3. The molecule has 32 heavy (non-hydrogen) atoms. The third-order valence-corrected chi connectivity index (χ3v) is 5.80. The van der Waals surface area contributed by atoms with Crippen LogP contribution in [0.4, 0.5) is 0 Å². The minimum Gasteiger partial charge on any atom is -0.508 e. The molecule has 0 saturated heterocycles. The molecule has 0 aliphatic rings. The number of carbonyl (C=O) groups is 1. The largest absolute Gasteiger partial charge is 0.508 e. The van der Waals surface area contributed by atoms with Crippen molar-refractivity contribution in [3.8, 4) is 11.5 Å². The van der Waals surface area contributed by atoms with Gasteiger partial charge in [-0.1, -0.05) is 53.7 Å². The Balaban J connectivity index is 1.44. The highest BCUT2D eigenvalue weighted by Gasteiger charge is 2.13. The molecule has 8 heteroatoms. The summed E-state index contributed by atoms with van der Waals surface area (Å²) in [5.74, 6) is -0.329. The van der Waals surface area contributed by atoms with E-state index < -0.39 is 0 Å². The summed E-state index contributed by atoms with van der Waals surface area (Å²) in [5.41, 5.74) is 7.09. The average molecular weight is 447 g/mol. The Morgan fingerprint density at radius 1 is 1.12 bits per heavy atom. The highest BCUT2D eigenvalue weighted by atomic mass is 32.2. The lowest BCUT2D eigenvalue weighted by molar-refractivity contribution is -0.118. The van der Waals surface area contributed by atoms with E-state index in [2.05, 4.69) is 46.3 Å². The second-order valence-corrected chi connectivity index (χ2v) is 8.22. The molecule has 0 bridgehead atoms. The SMILES string of the molecule is Cc1ccc(Cn2c(SCC(=O)N/N=C\c3ccc(O)cc3O)nc3ccccc32)cc1. The van der Waals surface area contributed by atoms with Gasteiger partial charge in [-0.15, -0.1) is 0 Å². The number of fused-ring (bicyclic) bond motifs is 1. The molecule has 7 nitrogen and oxygen atoms in total. The van der Waals surface area contributed by atoms with Crippen LogP contribution in [-0.4, -0.2) is 37.6 Å². The number of carbonyl (C=O) groups excluding carboxylic acids is 1. The number of hydrogen-bond donors (Lipinski definition) is 3. The van der Waals surface area contributed by atoms with Crippen LogP contribution in [0.3, 0.4) is 0 Å². The van der Waals surface area contributed by atoms with Gasteiger partial charge in [0.1, 0.15) is 11.5 Å². The molecule has 0 saturated carbocycles. The van der Waals surface area contributed by atoms with Gasteiger partial charge < -0.3 is 14.8 Å². The number of hydrazone groups is 1. The van der Waals surface area contributed by atoms with Gasteiger partial charge in [-0.2, -0.15) is 5.10 Å². The zero-order valence-electron chi connectivity index (χ0n) is 17.4. The first kappa shape index (κ1) is 21.5. The number of amides is 1. The molecule has 0 unspecified atom stereocenters. The molecule has 0 aliphatic heterocycles. The van der Waals surface area contributed by atoms with Crippen molar-refractivity contribution in [3.63, 3.8) is 0 Å². The fraction of sp³-hybridized carbons (Fsp3) is 0.125. The van der Waals surface area contributed by atoms with E-state index in [1.807, 2.05) is 24.3 Å². The number of aromatic hydroxyl groups is 2. The van der Waals surface area contributed by atoms with E-state index in [1.165, 1.54) is 41.7 Å². The summed E-state index contributed by atoms with van der Waals surface area (Å²) in [6.07, 6.45) is 1.32. The van der Waals surface area contributed by atoms with Gasteiger partial charge in [-0.05, 0) is 36.8 Å². The summed E-state index contributed by atoms with van der Waals surface area (Å²) >= 11 is 1.34. The number of phenolic OH excluding ortho intramolecular Hbond substituents is 2. The highest BCUT2D eigenvalue weighted by Crippen LogP contribution is 2.25. The van der Waals surface area contributed by atoms with Gasteiger partial charge >= 0.3 is 0 Å². The number of imidazole rings is 1. The van der Waals surface area contributed by atoms with Crippen LogP contribution in [0.5, 0.6) is 11.5 Å². The van der Waals surface area contributed by atoms with Crippen LogP contribution in [0, 0.1) is 6.92 Å². The molecule has 0 fully saturated rings. The fourth-order valence-electron chi connectivity index (χ4n) is 3.17. The molecule has 0 atom stereocenters. The van der Waals surface area contributed by atoms with E-state index in [1.54, 1.807) is 0 Å². The number of nitrogens with one attached hydrogen (secondary N) is 1. The predicted molar refractivity (Wildman–Crippen MR) is 126 cm³/mol. The molecule has 0 spiro atoms. The van der Waals surface area contributed by atoms with Gasteiger partial charge in [0.2, 0.25) is 0 Å². The molecule has 162 valence electrons. The first-order valence-corrected chi connectivity index (χ1v) is 11.0. The van der Waals surface area contributed by atoms with Gasteiger partial charge in [0, 0.05) is 11.6 Å². The Kier molecular flexibility index (Phi) is 6.42. The molecule has 1 heterocycles. The Bertz CT molecular complexity index is 1280. The van der Waals surface area contributed by atoms with Gasteiger partial charge in [0.05, 0.1) is 29.5 Å². The number of nitrogens with zero attached hydrogens (tertiary/aromatic N) is 3. The van der Waals surface area contributed by atoms with E-state index in [0.717, 1.165) is 21.8 Å². The van der Waals surface area contributed by atoms with Crippen molar-refractivity contribution in [2.45, 2.75) is 18.6 Å². The smallest absolute Gasteiger partial charge is 0.250 e. The number of phenols is 2. The topological polar surface area (TPSA) is 99.7 Å². The van der Waals surface area contributed by atoms with Gasteiger partial charge in [-0.25, -0.2) is 10.4 Å². The van der Waals surface area contributed by atoms with E-state index in [9.17, 15) is 15.0 Å². The molecular weight excluding hydrogens is 424 g/mol. The van der Waals surface area contributed by atoms with E-state index in [0.29, 0.717) is 12.1 Å². The zero-order valence-corrected chi connectivity index (χ0v) is 18.2. The number of rotatable bonds is 7. The van der Waals surface area contributed by atoms with Crippen LogP contribution in [0.25, 0.3) is 11.0 Å². The van der Waals surface area contributed by atoms with E-state index >= 15 is 0 Å². The van der Waals surface area contributed by atoms with Crippen LogP contribution < -0.4 is 5.43 Å². The highest BCUT2D eigenvalue weighted by molar-refractivity contribution is 7.99. The number of para-hydroxylation sites is 2. The second-order valence-electron chi connectivity index (χ2n) is 7.28. The van der Waals surface area contributed by atoms with E-state index in [4.69, 9.17) is 4.98 Å². The minimum absolute atomic E-state index is 0.0476. The zero-order chi connectivity index (χ0) is 22.5. The van der Waals surface area contributed by atoms with Crippen molar-refractivity contribution in [2.75, 3.05) is 5.75 Å². The monoisotopic (exact) mass is 446 g/mol. The van der Waals surface area contributed by atoms with Crippen molar-refractivity contribution in [1.82, 2.24) is 15.0 Å². The maximum atomic E-state index is 12.3. The summed E-state index contributed by atoms with van der Waals surface area (Å²) < 4.78 is 2.11. The third-order valence-electron chi connectivity index (χ3n) is 4.82. The van der Waals surface area contributed by atoms with Crippen LogP contribution in [0.15, 0.2) is 77.0 Å². The van der Waals surface area contributed by atoms with Crippen molar-refractivity contribution in [2.24, 2.45) is 5.10 Å². The number of aryl methyl sites for hydroxylation is 1. The molecular formula is C24H22N4O3S. The van der Waals surface area contributed by atoms with Crippen molar-refractivity contribution < 1.29 is 15.0 Å².